The zero-order chi connectivity index (χ0) is 17.6. The second-order valence-corrected chi connectivity index (χ2v) is 6.32. The molecule has 2 aromatic rings. The summed E-state index contributed by atoms with van der Waals surface area (Å²) >= 11 is 6.39. The lowest BCUT2D eigenvalue weighted by Crippen LogP contribution is -2.31. The maximum atomic E-state index is 12.6. The predicted molar refractivity (Wildman–Crippen MR) is 90.5 cm³/mol. The molecule has 1 aliphatic carbocycles. The molecule has 25 heavy (non-hydrogen) atoms. The van der Waals surface area contributed by atoms with Crippen LogP contribution in [-0.4, -0.2) is 33.6 Å². The van der Waals surface area contributed by atoms with Gasteiger partial charge in [0, 0.05) is 28.3 Å². The van der Waals surface area contributed by atoms with E-state index in [4.69, 9.17) is 16.3 Å². The fourth-order valence-corrected chi connectivity index (χ4v) is 3.56. The first-order valence-electron chi connectivity index (χ1n) is 7.92. The highest BCUT2D eigenvalue weighted by atomic mass is 35.5. The van der Waals surface area contributed by atoms with Crippen LogP contribution in [-0.2, 0) is 9.53 Å². The van der Waals surface area contributed by atoms with Gasteiger partial charge in [-0.2, -0.15) is 4.98 Å². The Kier molecular flexibility index (Phi) is 3.80. The number of nitrogens with zero attached hydrogens (tertiary/aromatic N) is 3. The Morgan fingerprint density at radius 1 is 1.36 bits per heavy atom. The van der Waals surface area contributed by atoms with Crippen molar-refractivity contribution < 1.29 is 14.3 Å². The van der Waals surface area contributed by atoms with Crippen molar-refractivity contribution in [2.24, 2.45) is 0 Å². The van der Waals surface area contributed by atoms with Crippen LogP contribution < -0.4 is 5.32 Å². The number of ether oxygens (including phenoxy) is 1. The Bertz CT molecular complexity index is 918. The number of benzene rings is 1. The van der Waals surface area contributed by atoms with Gasteiger partial charge >= 0.3 is 5.97 Å². The maximum absolute atomic E-state index is 12.6. The van der Waals surface area contributed by atoms with Crippen LogP contribution in [0.4, 0.5) is 5.95 Å². The first-order chi connectivity index (χ1) is 12.1. The molecule has 1 atom stereocenters. The molecule has 0 spiro atoms. The molecule has 7 nitrogen and oxygen atoms in total. The number of carbonyl (C=O) groups is 2. The van der Waals surface area contributed by atoms with Crippen molar-refractivity contribution in [2.45, 2.75) is 25.3 Å². The molecule has 1 aromatic carbocycles. The molecule has 0 saturated carbocycles. The Morgan fingerprint density at radius 2 is 2.16 bits per heavy atom. The van der Waals surface area contributed by atoms with Crippen molar-refractivity contribution in [3.63, 3.8) is 0 Å². The first kappa shape index (κ1) is 15.8. The second-order valence-electron chi connectivity index (χ2n) is 5.91. The minimum atomic E-state index is -0.633. The van der Waals surface area contributed by atoms with E-state index in [9.17, 15) is 9.59 Å². The predicted octanol–water partition coefficient (Wildman–Crippen LogP) is 2.74. The van der Waals surface area contributed by atoms with E-state index in [0.29, 0.717) is 23.0 Å². The molecular weight excluding hydrogens is 344 g/mol. The van der Waals surface area contributed by atoms with Crippen molar-refractivity contribution >= 4 is 29.3 Å². The molecule has 4 rings (SSSR count). The molecule has 2 heterocycles. The number of fused-ring (bicyclic) bond motifs is 1. The molecule has 1 aromatic heterocycles. The summed E-state index contributed by atoms with van der Waals surface area (Å²) in [5.74, 6) is -0.238. The third-order valence-corrected chi connectivity index (χ3v) is 4.78. The normalized spacial score (nSPS) is 19.1. The Labute approximate surface area is 148 Å². The standard InChI is InChI=1S/C17H15ClN4O3/c1-25-16(24)15-20-17-19-11-7-4-8-12(23)13(11)14(22(17)21-15)9-5-2-3-6-10(9)18/h2-3,5-6,14H,4,7-8H2,1H3,(H,19,20,21)/t14-/m0/s1. The van der Waals surface area contributed by atoms with Crippen LogP contribution in [0, 0.1) is 0 Å². The lowest BCUT2D eigenvalue weighted by molar-refractivity contribution is -0.116. The van der Waals surface area contributed by atoms with Crippen molar-refractivity contribution in [3.05, 3.63) is 51.9 Å². The van der Waals surface area contributed by atoms with Crippen LogP contribution in [0.5, 0.6) is 0 Å². The number of hydrogen-bond donors (Lipinski definition) is 1. The lowest BCUT2D eigenvalue weighted by Gasteiger charge is -2.32. The average Bonchev–Trinajstić information content (AvgIpc) is 3.04. The largest absolute Gasteiger partial charge is 0.463 e. The zero-order valence-electron chi connectivity index (χ0n) is 13.5. The van der Waals surface area contributed by atoms with Gasteiger partial charge < -0.3 is 10.1 Å². The summed E-state index contributed by atoms with van der Waals surface area (Å²) < 4.78 is 6.24. The van der Waals surface area contributed by atoms with Gasteiger partial charge in [0.05, 0.1) is 7.11 Å². The molecule has 1 N–H and O–H groups in total. The van der Waals surface area contributed by atoms with Crippen molar-refractivity contribution in [1.29, 1.82) is 0 Å². The van der Waals surface area contributed by atoms with Crippen LogP contribution in [0.2, 0.25) is 5.02 Å². The number of methoxy groups -OCH3 is 1. The van der Waals surface area contributed by atoms with Crippen molar-refractivity contribution in [3.8, 4) is 0 Å². The summed E-state index contributed by atoms with van der Waals surface area (Å²) in [6.07, 6.45) is 2.00. The molecule has 0 amide bonds. The van der Waals surface area contributed by atoms with Gasteiger partial charge in [-0.05, 0) is 18.9 Å². The van der Waals surface area contributed by atoms with E-state index >= 15 is 0 Å². The van der Waals surface area contributed by atoms with E-state index in [1.807, 2.05) is 18.2 Å². The minimum absolute atomic E-state index is 0.0550. The fourth-order valence-electron chi connectivity index (χ4n) is 3.32. The van der Waals surface area contributed by atoms with Crippen molar-refractivity contribution in [2.75, 3.05) is 12.4 Å². The summed E-state index contributed by atoms with van der Waals surface area (Å²) in [6.45, 7) is 0. The highest BCUT2D eigenvalue weighted by molar-refractivity contribution is 6.31. The summed E-state index contributed by atoms with van der Waals surface area (Å²) in [6, 6.07) is 6.79. The molecule has 0 radical (unpaired) electrons. The highest BCUT2D eigenvalue weighted by Crippen LogP contribution is 2.41. The van der Waals surface area contributed by atoms with E-state index in [-0.39, 0.29) is 11.6 Å². The van der Waals surface area contributed by atoms with Gasteiger partial charge in [0.1, 0.15) is 6.04 Å². The average molecular weight is 359 g/mol. The SMILES string of the molecule is COC(=O)c1nc2n(n1)[C@@H](c1ccccc1Cl)C1=C(CCCC1=O)N2. The number of ketones is 1. The van der Waals surface area contributed by atoms with E-state index in [1.165, 1.54) is 11.8 Å². The van der Waals surface area contributed by atoms with Crippen LogP contribution in [0.15, 0.2) is 35.5 Å². The summed E-state index contributed by atoms with van der Waals surface area (Å²) in [4.78, 5) is 28.7. The van der Waals surface area contributed by atoms with Crippen LogP contribution >= 0.6 is 11.6 Å². The number of nitrogens with one attached hydrogen (secondary N) is 1. The number of anilines is 1. The number of Topliss-reactive ketones (excluding diaryl/α,β-unsaturated/α-hetero) is 1. The number of allylic oxidation sites excluding steroid dienone is 2. The highest BCUT2D eigenvalue weighted by Gasteiger charge is 2.38. The van der Waals surface area contributed by atoms with Gasteiger partial charge in [0.15, 0.2) is 5.78 Å². The number of halogens is 1. The second kappa shape index (κ2) is 6.00. The van der Waals surface area contributed by atoms with E-state index in [1.54, 1.807) is 6.07 Å². The molecule has 0 saturated heterocycles. The lowest BCUT2D eigenvalue weighted by atomic mass is 9.85. The third kappa shape index (κ3) is 2.51. The number of hydrogen-bond acceptors (Lipinski definition) is 6. The van der Waals surface area contributed by atoms with Crippen LogP contribution in [0.3, 0.4) is 0 Å². The Morgan fingerprint density at radius 3 is 2.92 bits per heavy atom. The number of esters is 1. The van der Waals surface area contributed by atoms with Gasteiger partial charge in [-0.1, -0.05) is 29.8 Å². The monoisotopic (exact) mass is 358 g/mol. The van der Waals surface area contributed by atoms with Gasteiger partial charge in [0.25, 0.3) is 5.82 Å². The molecule has 2 aliphatic rings. The number of aromatic nitrogens is 3. The summed E-state index contributed by atoms with van der Waals surface area (Å²) in [7, 11) is 1.27. The topological polar surface area (TPSA) is 86.1 Å². The molecule has 8 heteroatoms. The first-order valence-corrected chi connectivity index (χ1v) is 8.30. The third-order valence-electron chi connectivity index (χ3n) is 4.44. The van der Waals surface area contributed by atoms with Gasteiger partial charge in [0.2, 0.25) is 5.95 Å². The van der Waals surface area contributed by atoms with Crippen LogP contribution in [0.1, 0.15) is 41.5 Å². The number of carbonyl (C=O) groups excluding carboxylic acids is 2. The van der Waals surface area contributed by atoms with Gasteiger partial charge in [-0.3, -0.25) is 4.79 Å². The molecule has 0 bridgehead atoms. The van der Waals surface area contributed by atoms with Crippen molar-refractivity contribution in [1.82, 2.24) is 14.8 Å². The summed E-state index contributed by atoms with van der Waals surface area (Å²) in [5.41, 5.74) is 2.20. The van der Waals surface area contributed by atoms with E-state index in [2.05, 4.69) is 15.4 Å². The van der Waals surface area contributed by atoms with Gasteiger partial charge in [-0.25, -0.2) is 9.48 Å². The fraction of sp³-hybridized carbons (Fsp3) is 0.294. The smallest absolute Gasteiger partial charge is 0.378 e. The Hall–Kier alpha value is -2.67. The molecule has 1 aliphatic heterocycles. The molecule has 128 valence electrons. The number of rotatable bonds is 2. The minimum Gasteiger partial charge on any atom is -0.463 e. The summed E-state index contributed by atoms with van der Waals surface area (Å²) in [5, 5.41) is 7.94. The molecule has 0 fully saturated rings. The zero-order valence-corrected chi connectivity index (χ0v) is 14.2. The quantitative estimate of drug-likeness (QED) is 0.831. The van der Waals surface area contributed by atoms with E-state index < -0.39 is 12.0 Å². The van der Waals surface area contributed by atoms with Crippen LogP contribution in [0.25, 0.3) is 0 Å². The van der Waals surface area contributed by atoms with Gasteiger partial charge in [-0.15, -0.1) is 5.10 Å². The molecule has 0 unspecified atom stereocenters. The Balaban J connectivity index is 1.93. The van der Waals surface area contributed by atoms with E-state index in [0.717, 1.165) is 24.1 Å². The molecular formula is C17H15ClN4O3. The maximum Gasteiger partial charge on any atom is 0.378 e.